The van der Waals surface area contributed by atoms with E-state index in [-0.39, 0.29) is 6.61 Å². The summed E-state index contributed by atoms with van der Waals surface area (Å²) in [5.41, 5.74) is 1.85. The Hall–Kier alpha value is -1.43. The van der Waals surface area contributed by atoms with Gasteiger partial charge in [0.05, 0.1) is 19.3 Å². The quantitative estimate of drug-likeness (QED) is 0.787. The van der Waals surface area contributed by atoms with Gasteiger partial charge in [0, 0.05) is 18.2 Å². The maximum Gasteiger partial charge on any atom is 0.108 e. The fraction of sp³-hybridized carbons (Fsp3) is 0.385. The van der Waals surface area contributed by atoms with E-state index in [1.807, 2.05) is 30.5 Å². The first-order chi connectivity index (χ1) is 9.28. The summed E-state index contributed by atoms with van der Waals surface area (Å²) in [6.45, 7) is 1.71. The largest absolute Gasteiger partial charge is 0.396 e. The number of aliphatic hydroxyl groups excluding tert-OH is 1. The van der Waals surface area contributed by atoms with Gasteiger partial charge in [0.15, 0.2) is 0 Å². The Kier molecular flexibility index (Phi) is 5.32. The van der Waals surface area contributed by atoms with Gasteiger partial charge in [0.2, 0.25) is 0 Å². The number of halogens is 1. The van der Waals surface area contributed by atoms with Crippen LogP contribution in [0.3, 0.4) is 0 Å². The van der Waals surface area contributed by atoms with Crippen molar-refractivity contribution in [3.8, 4) is 0 Å². The number of rotatable bonds is 7. The topological polar surface area (TPSA) is 60.2 Å². The first-order valence-corrected chi connectivity index (χ1v) is 6.48. The van der Waals surface area contributed by atoms with Gasteiger partial charge >= 0.3 is 0 Å². The van der Waals surface area contributed by atoms with Gasteiger partial charge in [-0.1, -0.05) is 28.9 Å². The van der Waals surface area contributed by atoms with E-state index in [1.165, 1.54) is 0 Å². The van der Waals surface area contributed by atoms with Gasteiger partial charge in [-0.2, -0.15) is 0 Å². The van der Waals surface area contributed by atoms with Crippen LogP contribution in [0.4, 0.5) is 0 Å². The molecule has 102 valence electrons. The molecule has 0 atom stereocenters. The lowest BCUT2D eigenvalue weighted by Crippen LogP contribution is -2.00. The third-order valence-electron chi connectivity index (χ3n) is 2.52. The number of benzene rings is 1. The molecule has 6 heteroatoms. The molecule has 1 aromatic heterocycles. The molecule has 2 aromatic rings. The monoisotopic (exact) mass is 281 g/mol. The van der Waals surface area contributed by atoms with Crippen LogP contribution in [0.25, 0.3) is 0 Å². The highest BCUT2D eigenvalue weighted by molar-refractivity contribution is 6.30. The van der Waals surface area contributed by atoms with E-state index >= 15 is 0 Å². The Morgan fingerprint density at radius 2 is 2.26 bits per heavy atom. The van der Waals surface area contributed by atoms with Crippen LogP contribution in [0.1, 0.15) is 17.7 Å². The minimum atomic E-state index is 0.140. The van der Waals surface area contributed by atoms with Crippen LogP contribution >= 0.6 is 11.6 Å². The van der Waals surface area contributed by atoms with Crippen LogP contribution in [0.5, 0.6) is 0 Å². The molecule has 0 saturated heterocycles. The van der Waals surface area contributed by atoms with E-state index in [2.05, 4.69) is 10.3 Å². The van der Waals surface area contributed by atoms with Crippen LogP contribution in [-0.2, 0) is 17.9 Å². The van der Waals surface area contributed by atoms with Crippen LogP contribution in [0.15, 0.2) is 30.5 Å². The van der Waals surface area contributed by atoms with Crippen LogP contribution in [-0.4, -0.2) is 33.3 Å². The van der Waals surface area contributed by atoms with E-state index in [1.54, 1.807) is 4.68 Å². The number of aliphatic hydroxyl groups is 1. The van der Waals surface area contributed by atoms with Gasteiger partial charge in [-0.15, -0.1) is 5.10 Å². The molecule has 1 heterocycles. The highest BCUT2D eigenvalue weighted by Crippen LogP contribution is 2.11. The van der Waals surface area contributed by atoms with Crippen LogP contribution < -0.4 is 0 Å². The molecule has 0 unspecified atom stereocenters. The Labute approximate surface area is 116 Å². The molecule has 0 spiro atoms. The van der Waals surface area contributed by atoms with E-state index in [0.29, 0.717) is 31.2 Å². The molecule has 0 fully saturated rings. The summed E-state index contributed by atoms with van der Waals surface area (Å²) in [6.07, 6.45) is 2.48. The summed E-state index contributed by atoms with van der Waals surface area (Å²) in [5.74, 6) is 0. The molecule has 0 aliphatic rings. The van der Waals surface area contributed by atoms with Crippen molar-refractivity contribution in [2.45, 2.75) is 19.6 Å². The molecular formula is C13H16ClN3O2. The molecule has 0 aliphatic heterocycles. The SMILES string of the molecule is OCCCOCc1cn(Cc2cccc(Cl)c2)nn1. The lowest BCUT2D eigenvalue weighted by molar-refractivity contribution is 0.102. The fourth-order valence-corrected chi connectivity index (χ4v) is 1.86. The minimum absolute atomic E-state index is 0.140. The molecule has 0 bridgehead atoms. The van der Waals surface area contributed by atoms with E-state index in [0.717, 1.165) is 11.3 Å². The molecule has 2 rings (SSSR count). The second-order valence-electron chi connectivity index (χ2n) is 4.17. The van der Waals surface area contributed by atoms with E-state index < -0.39 is 0 Å². The van der Waals surface area contributed by atoms with Crippen LogP contribution in [0, 0.1) is 0 Å². The van der Waals surface area contributed by atoms with Crippen molar-refractivity contribution in [2.24, 2.45) is 0 Å². The maximum absolute atomic E-state index is 8.63. The molecule has 1 aromatic carbocycles. The van der Waals surface area contributed by atoms with E-state index in [4.69, 9.17) is 21.4 Å². The predicted molar refractivity (Wildman–Crippen MR) is 71.9 cm³/mol. The number of ether oxygens (including phenoxy) is 1. The second kappa shape index (κ2) is 7.23. The van der Waals surface area contributed by atoms with Crippen LogP contribution in [0.2, 0.25) is 5.02 Å². The molecule has 1 N–H and O–H groups in total. The van der Waals surface area contributed by atoms with Crippen molar-refractivity contribution in [1.82, 2.24) is 15.0 Å². The Bertz CT molecular complexity index is 516. The highest BCUT2D eigenvalue weighted by Gasteiger charge is 2.02. The van der Waals surface area contributed by atoms with Crippen molar-refractivity contribution >= 4 is 11.6 Å². The number of nitrogens with zero attached hydrogens (tertiary/aromatic N) is 3. The lowest BCUT2D eigenvalue weighted by atomic mass is 10.2. The van der Waals surface area contributed by atoms with Gasteiger partial charge in [-0.25, -0.2) is 4.68 Å². The van der Waals surface area contributed by atoms with Gasteiger partial charge in [-0.05, 0) is 24.1 Å². The normalized spacial score (nSPS) is 10.8. The Balaban J connectivity index is 1.87. The average Bonchev–Trinajstić information content (AvgIpc) is 2.82. The molecule has 0 radical (unpaired) electrons. The van der Waals surface area contributed by atoms with Crippen molar-refractivity contribution in [3.05, 3.63) is 46.7 Å². The first kappa shape index (κ1) is 14.0. The van der Waals surface area contributed by atoms with Crippen molar-refractivity contribution in [2.75, 3.05) is 13.2 Å². The third-order valence-corrected chi connectivity index (χ3v) is 2.75. The third kappa shape index (κ3) is 4.63. The van der Waals surface area contributed by atoms with Gasteiger partial charge < -0.3 is 9.84 Å². The fourth-order valence-electron chi connectivity index (χ4n) is 1.65. The average molecular weight is 282 g/mol. The summed E-state index contributed by atoms with van der Waals surface area (Å²) in [4.78, 5) is 0. The summed E-state index contributed by atoms with van der Waals surface area (Å²) < 4.78 is 7.09. The molecule has 0 amide bonds. The summed E-state index contributed by atoms with van der Waals surface area (Å²) in [7, 11) is 0. The Morgan fingerprint density at radius 1 is 1.37 bits per heavy atom. The van der Waals surface area contributed by atoms with Gasteiger partial charge in [0.1, 0.15) is 5.69 Å². The molecule has 0 saturated carbocycles. The first-order valence-electron chi connectivity index (χ1n) is 6.10. The predicted octanol–water partition coefficient (Wildman–Crippen LogP) is 1.88. The van der Waals surface area contributed by atoms with Crippen molar-refractivity contribution < 1.29 is 9.84 Å². The number of aromatic nitrogens is 3. The summed E-state index contributed by atoms with van der Waals surface area (Å²) >= 11 is 5.93. The van der Waals surface area contributed by atoms with Gasteiger partial charge in [0.25, 0.3) is 0 Å². The zero-order chi connectivity index (χ0) is 13.5. The summed E-state index contributed by atoms with van der Waals surface area (Å²) in [6, 6.07) is 7.64. The van der Waals surface area contributed by atoms with Crippen molar-refractivity contribution in [1.29, 1.82) is 0 Å². The smallest absolute Gasteiger partial charge is 0.108 e. The number of hydrogen-bond acceptors (Lipinski definition) is 4. The zero-order valence-corrected chi connectivity index (χ0v) is 11.3. The van der Waals surface area contributed by atoms with Crippen molar-refractivity contribution in [3.63, 3.8) is 0 Å². The maximum atomic E-state index is 8.63. The summed E-state index contributed by atoms with van der Waals surface area (Å²) in [5, 5.41) is 17.4. The highest BCUT2D eigenvalue weighted by atomic mass is 35.5. The molecule has 0 aliphatic carbocycles. The lowest BCUT2D eigenvalue weighted by Gasteiger charge is -2.01. The second-order valence-corrected chi connectivity index (χ2v) is 4.60. The minimum Gasteiger partial charge on any atom is -0.396 e. The molecule has 5 nitrogen and oxygen atoms in total. The Morgan fingerprint density at radius 3 is 3.05 bits per heavy atom. The molecular weight excluding hydrogens is 266 g/mol. The van der Waals surface area contributed by atoms with E-state index in [9.17, 15) is 0 Å². The molecule has 19 heavy (non-hydrogen) atoms. The number of hydrogen-bond donors (Lipinski definition) is 1. The standard InChI is InChI=1S/C13H16ClN3O2/c14-12-4-1-3-11(7-12)8-17-9-13(15-16-17)10-19-6-2-5-18/h1,3-4,7,9,18H,2,5-6,8,10H2. The zero-order valence-electron chi connectivity index (χ0n) is 10.5. The van der Waals surface area contributed by atoms with Gasteiger partial charge in [-0.3, -0.25) is 0 Å².